The molecule has 0 spiro atoms. The number of aromatic nitrogens is 1. The summed E-state index contributed by atoms with van der Waals surface area (Å²) in [5.74, 6) is 0.536. The Kier molecular flexibility index (Phi) is 4.70. The third kappa shape index (κ3) is 3.42. The molecule has 102 valence electrons. The summed E-state index contributed by atoms with van der Waals surface area (Å²) >= 11 is 1.45. The van der Waals surface area contributed by atoms with Crippen LogP contribution in [0, 0.1) is 6.92 Å². The van der Waals surface area contributed by atoms with Crippen LogP contribution in [0.2, 0.25) is 0 Å². The van der Waals surface area contributed by atoms with Crippen molar-refractivity contribution < 1.29 is 13.9 Å². The first-order valence-corrected chi connectivity index (χ1v) is 6.82. The van der Waals surface area contributed by atoms with Gasteiger partial charge in [0.1, 0.15) is 5.69 Å². The number of amides is 1. The van der Waals surface area contributed by atoms with Gasteiger partial charge in [0.15, 0.2) is 10.8 Å². The number of methoxy groups -OCH3 is 1. The predicted molar refractivity (Wildman–Crippen MR) is 73.4 cm³/mol. The second-order valence-corrected chi connectivity index (χ2v) is 5.21. The number of nitrogens with one attached hydrogen (secondary N) is 1. The van der Waals surface area contributed by atoms with Gasteiger partial charge in [-0.15, -0.1) is 11.3 Å². The van der Waals surface area contributed by atoms with Crippen LogP contribution in [0.4, 0.5) is 0 Å². The Hall–Kier alpha value is -1.66. The van der Waals surface area contributed by atoms with Crippen molar-refractivity contribution >= 4 is 17.2 Å². The Morgan fingerprint density at radius 2 is 2.42 bits per heavy atom. The quantitative estimate of drug-likeness (QED) is 0.826. The first-order valence-electron chi connectivity index (χ1n) is 6.01. The molecule has 0 saturated carbocycles. The minimum absolute atomic E-state index is 0.150. The van der Waals surface area contributed by atoms with Gasteiger partial charge in [-0.2, -0.15) is 0 Å². The zero-order chi connectivity index (χ0) is 13.7. The van der Waals surface area contributed by atoms with Crippen LogP contribution < -0.4 is 5.32 Å². The van der Waals surface area contributed by atoms with E-state index in [1.807, 2.05) is 13.0 Å². The third-order valence-corrected chi connectivity index (χ3v) is 3.54. The molecular formula is C13H16N2O3S. The van der Waals surface area contributed by atoms with Crippen molar-refractivity contribution in [3.05, 3.63) is 29.0 Å². The van der Waals surface area contributed by atoms with Crippen LogP contribution in [-0.2, 0) is 4.74 Å². The number of ether oxygens (including phenoxy) is 1. The zero-order valence-electron chi connectivity index (χ0n) is 10.9. The molecule has 0 aliphatic heterocycles. The molecule has 0 atom stereocenters. The molecule has 1 N–H and O–H groups in total. The standard InChI is InChI=1S/C13H16N2O3S/c1-9-11(12(16)14-6-4-7-17-2)15-13(19-9)10-5-3-8-18-10/h3,5,8H,4,6-7H2,1-2H3,(H,14,16). The molecule has 0 radical (unpaired) electrons. The van der Waals surface area contributed by atoms with E-state index in [9.17, 15) is 4.79 Å². The van der Waals surface area contributed by atoms with Gasteiger partial charge < -0.3 is 14.5 Å². The molecular weight excluding hydrogens is 264 g/mol. The number of hydrogen-bond acceptors (Lipinski definition) is 5. The van der Waals surface area contributed by atoms with Crippen LogP contribution in [0.3, 0.4) is 0 Å². The summed E-state index contributed by atoms with van der Waals surface area (Å²) in [6.07, 6.45) is 2.38. The molecule has 0 bridgehead atoms. The van der Waals surface area contributed by atoms with E-state index in [0.717, 1.165) is 16.3 Å². The highest BCUT2D eigenvalue weighted by Crippen LogP contribution is 2.27. The Morgan fingerprint density at radius 1 is 1.58 bits per heavy atom. The lowest BCUT2D eigenvalue weighted by atomic mass is 10.3. The fourth-order valence-corrected chi connectivity index (χ4v) is 2.49. The summed E-state index contributed by atoms with van der Waals surface area (Å²) in [5.41, 5.74) is 0.466. The van der Waals surface area contributed by atoms with Crippen LogP contribution in [0.15, 0.2) is 22.8 Å². The molecule has 2 aromatic heterocycles. The normalized spacial score (nSPS) is 10.6. The number of furan rings is 1. The molecule has 2 aromatic rings. The Balaban J connectivity index is 2.02. The van der Waals surface area contributed by atoms with E-state index < -0.39 is 0 Å². The SMILES string of the molecule is COCCCNC(=O)c1nc(-c2ccco2)sc1C. The third-order valence-electron chi connectivity index (χ3n) is 2.55. The van der Waals surface area contributed by atoms with Gasteiger partial charge in [0.05, 0.1) is 6.26 Å². The number of aryl methyl sites for hydroxylation is 1. The number of nitrogens with zero attached hydrogens (tertiary/aromatic N) is 1. The highest BCUT2D eigenvalue weighted by atomic mass is 32.1. The summed E-state index contributed by atoms with van der Waals surface area (Å²) in [7, 11) is 1.64. The van der Waals surface area contributed by atoms with Gasteiger partial charge in [-0.25, -0.2) is 4.98 Å². The van der Waals surface area contributed by atoms with E-state index in [4.69, 9.17) is 9.15 Å². The highest BCUT2D eigenvalue weighted by Gasteiger charge is 2.16. The minimum atomic E-state index is -0.150. The minimum Gasteiger partial charge on any atom is -0.462 e. The fraction of sp³-hybridized carbons (Fsp3) is 0.385. The molecule has 0 saturated heterocycles. The van der Waals surface area contributed by atoms with Crippen molar-refractivity contribution in [1.29, 1.82) is 0 Å². The van der Waals surface area contributed by atoms with Crippen LogP contribution >= 0.6 is 11.3 Å². The summed E-state index contributed by atoms with van der Waals surface area (Å²) in [6.45, 7) is 3.10. The Labute approximate surface area is 115 Å². The van der Waals surface area contributed by atoms with Crippen molar-refractivity contribution in [3.8, 4) is 10.8 Å². The van der Waals surface area contributed by atoms with Gasteiger partial charge in [-0.3, -0.25) is 4.79 Å². The second kappa shape index (κ2) is 6.49. The van der Waals surface area contributed by atoms with Crippen LogP contribution in [0.1, 0.15) is 21.8 Å². The Bertz CT molecular complexity index is 534. The molecule has 1 amide bonds. The van der Waals surface area contributed by atoms with Gasteiger partial charge in [0, 0.05) is 25.1 Å². The molecule has 6 heteroatoms. The van der Waals surface area contributed by atoms with Gasteiger partial charge in [0.2, 0.25) is 0 Å². The maximum Gasteiger partial charge on any atom is 0.271 e. The number of carbonyl (C=O) groups excluding carboxylic acids is 1. The van der Waals surface area contributed by atoms with Crippen molar-refractivity contribution in [2.24, 2.45) is 0 Å². The Morgan fingerprint density at radius 3 is 3.11 bits per heavy atom. The van der Waals surface area contributed by atoms with E-state index in [1.54, 1.807) is 19.4 Å². The zero-order valence-corrected chi connectivity index (χ0v) is 11.8. The van der Waals surface area contributed by atoms with E-state index >= 15 is 0 Å². The lowest BCUT2D eigenvalue weighted by Gasteiger charge is -2.02. The maximum absolute atomic E-state index is 12.0. The van der Waals surface area contributed by atoms with Crippen molar-refractivity contribution in [3.63, 3.8) is 0 Å². The largest absolute Gasteiger partial charge is 0.462 e. The average molecular weight is 280 g/mol. The average Bonchev–Trinajstić information content (AvgIpc) is 3.03. The molecule has 2 heterocycles. The number of carbonyl (C=O) groups is 1. The topological polar surface area (TPSA) is 64.4 Å². The maximum atomic E-state index is 12.0. The van der Waals surface area contributed by atoms with Crippen LogP contribution in [-0.4, -0.2) is 31.2 Å². The van der Waals surface area contributed by atoms with Crippen molar-refractivity contribution in [2.75, 3.05) is 20.3 Å². The lowest BCUT2D eigenvalue weighted by molar-refractivity contribution is 0.0944. The monoisotopic (exact) mass is 280 g/mol. The van der Waals surface area contributed by atoms with Crippen LogP contribution in [0.5, 0.6) is 0 Å². The molecule has 0 unspecified atom stereocenters. The first kappa shape index (κ1) is 13.8. The van der Waals surface area contributed by atoms with Gasteiger partial charge in [-0.05, 0) is 25.5 Å². The van der Waals surface area contributed by atoms with Crippen molar-refractivity contribution in [2.45, 2.75) is 13.3 Å². The van der Waals surface area contributed by atoms with E-state index in [0.29, 0.717) is 24.6 Å². The molecule has 0 fully saturated rings. The molecule has 0 aliphatic carbocycles. The summed E-state index contributed by atoms with van der Waals surface area (Å²) in [4.78, 5) is 17.2. The molecule has 0 aromatic carbocycles. The van der Waals surface area contributed by atoms with E-state index in [-0.39, 0.29) is 5.91 Å². The van der Waals surface area contributed by atoms with E-state index in [1.165, 1.54) is 11.3 Å². The molecule has 2 rings (SSSR count). The summed E-state index contributed by atoms with van der Waals surface area (Å²) in [5, 5.41) is 3.55. The summed E-state index contributed by atoms with van der Waals surface area (Å²) < 4.78 is 10.2. The molecule has 19 heavy (non-hydrogen) atoms. The van der Waals surface area contributed by atoms with Gasteiger partial charge >= 0.3 is 0 Å². The predicted octanol–water partition coefficient (Wildman–Crippen LogP) is 2.48. The summed E-state index contributed by atoms with van der Waals surface area (Å²) in [6, 6.07) is 3.63. The number of rotatable bonds is 6. The van der Waals surface area contributed by atoms with Crippen LogP contribution in [0.25, 0.3) is 10.8 Å². The number of hydrogen-bond donors (Lipinski definition) is 1. The second-order valence-electron chi connectivity index (χ2n) is 4.00. The van der Waals surface area contributed by atoms with E-state index in [2.05, 4.69) is 10.3 Å². The highest BCUT2D eigenvalue weighted by molar-refractivity contribution is 7.15. The smallest absolute Gasteiger partial charge is 0.271 e. The molecule has 5 nitrogen and oxygen atoms in total. The molecule has 0 aliphatic rings. The first-order chi connectivity index (χ1) is 9.22. The van der Waals surface area contributed by atoms with Gasteiger partial charge in [-0.1, -0.05) is 0 Å². The van der Waals surface area contributed by atoms with Crippen molar-refractivity contribution in [1.82, 2.24) is 10.3 Å². The fourth-order valence-electron chi connectivity index (χ4n) is 1.61. The van der Waals surface area contributed by atoms with Gasteiger partial charge in [0.25, 0.3) is 5.91 Å². The lowest BCUT2D eigenvalue weighted by Crippen LogP contribution is -2.26. The number of thiazole rings is 1.